The lowest BCUT2D eigenvalue weighted by Gasteiger charge is -2.30. The maximum atomic E-state index is 12.4. The van der Waals surface area contributed by atoms with Crippen molar-refractivity contribution in [2.24, 2.45) is 0 Å². The van der Waals surface area contributed by atoms with Gasteiger partial charge in [0.2, 0.25) is 0 Å². The van der Waals surface area contributed by atoms with E-state index in [1.54, 1.807) is 31.2 Å². The molecule has 0 aliphatic carbocycles. The number of Topliss-reactive ketones (excluding diaryl/α,β-unsaturated/α-hetero) is 1. The van der Waals surface area contributed by atoms with Crippen LogP contribution in [0.3, 0.4) is 0 Å². The highest BCUT2D eigenvalue weighted by molar-refractivity contribution is 7.80. The van der Waals surface area contributed by atoms with Gasteiger partial charge in [0.05, 0.1) is 18.7 Å². The van der Waals surface area contributed by atoms with Crippen molar-refractivity contribution >= 4 is 29.1 Å². The van der Waals surface area contributed by atoms with Crippen LogP contribution in [0.1, 0.15) is 18.5 Å². The highest BCUT2D eigenvalue weighted by atomic mass is 32.1. The van der Waals surface area contributed by atoms with Crippen LogP contribution in [0.2, 0.25) is 0 Å². The van der Waals surface area contributed by atoms with Crippen molar-refractivity contribution in [2.75, 3.05) is 13.7 Å². The van der Waals surface area contributed by atoms with Crippen molar-refractivity contribution in [1.29, 1.82) is 0 Å². The molecule has 6 nitrogen and oxygen atoms in total. The molecule has 7 heteroatoms. The van der Waals surface area contributed by atoms with E-state index < -0.39 is 17.8 Å². The Kier molecular flexibility index (Phi) is 5.70. The Morgan fingerprint density at radius 3 is 2.83 bits per heavy atom. The number of allylic oxidation sites excluding steroid dienone is 1. The lowest BCUT2D eigenvalue weighted by atomic mass is 9.92. The number of hydrogen-bond acceptors (Lipinski definition) is 5. The Hall–Kier alpha value is -2.67. The van der Waals surface area contributed by atoms with Crippen LogP contribution in [0.25, 0.3) is 0 Å². The van der Waals surface area contributed by atoms with Gasteiger partial charge in [-0.1, -0.05) is 24.8 Å². The first-order valence-corrected chi connectivity index (χ1v) is 7.63. The van der Waals surface area contributed by atoms with Crippen LogP contribution in [-0.2, 0) is 14.3 Å². The van der Waals surface area contributed by atoms with Gasteiger partial charge in [-0.3, -0.25) is 4.79 Å². The molecule has 0 radical (unpaired) electrons. The molecule has 0 bridgehead atoms. The zero-order valence-corrected chi connectivity index (χ0v) is 14.2. The second kappa shape index (κ2) is 7.74. The van der Waals surface area contributed by atoms with E-state index in [9.17, 15) is 9.59 Å². The summed E-state index contributed by atoms with van der Waals surface area (Å²) in [7, 11) is 1.17. The Morgan fingerprint density at radius 2 is 2.17 bits per heavy atom. The van der Waals surface area contributed by atoms with Gasteiger partial charge in [0, 0.05) is 5.70 Å². The molecule has 0 fully saturated rings. The van der Waals surface area contributed by atoms with Gasteiger partial charge < -0.3 is 20.1 Å². The zero-order valence-electron chi connectivity index (χ0n) is 13.4. The highest BCUT2D eigenvalue weighted by Crippen LogP contribution is 2.29. The Labute approximate surface area is 145 Å². The van der Waals surface area contributed by atoms with E-state index in [4.69, 9.17) is 17.0 Å². The van der Waals surface area contributed by atoms with Crippen molar-refractivity contribution in [2.45, 2.75) is 13.0 Å². The summed E-state index contributed by atoms with van der Waals surface area (Å²) in [5, 5.41) is 6.25. The van der Waals surface area contributed by atoms with E-state index in [1.807, 2.05) is 6.07 Å². The summed E-state index contributed by atoms with van der Waals surface area (Å²) < 4.78 is 10.1. The van der Waals surface area contributed by atoms with Crippen molar-refractivity contribution < 1.29 is 19.1 Å². The quantitative estimate of drug-likeness (QED) is 0.352. The van der Waals surface area contributed by atoms with Crippen LogP contribution >= 0.6 is 12.2 Å². The molecule has 2 rings (SSSR count). The molecule has 0 saturated carbocycles. The summed E-state index contributed by atoms with van der Waals surface area (Å²) in [6.45, 7) is 5.66. The molecule has 1 aliphatic heterocycles. The highest BCUT2D eigenvalue weighted by Gasteiger charge is 2.33. The second-order valence-electron chi connectivity index (χ2n) is 5.06. The number of thiocarbonyl (C=S) groups is 1. The molecule has 0 spiro atoms. The number of methoxy groups -OCH3 is 1. The molecule has 0 unspecified atom stereocenters. The predicted octanol–water partition coefficient (Wildman–Crippen LogP) is 1.79. The molecule has 2 N–H and O–H groups in total. The first kappa shape index (κ1) is 17.7. The minimum atomic E-state index is -0.926. The van der Waals surface area contributed by atoms with Gasteiger partial charge in [0.15, 0.2) is 5.11 Å². The maximum absolute atomic E-state index is 12.4. The van der Waals surface area contributed by atoms with Crippen LogP contribution in [0.4, 0.5) is 0 Å². The van der Waals surface area contributed by atoms with Gasteiger partial charge in [-0.15, -0.1) is 0 Å². The van der Waals surface area contributed by atoms with Crippen LogP contribution in [0.5, 0.6) is 5.75 Å². The van der Waals surface area contributed by atoms with E-state index in [0.29, 0.717) is 23.2 Å². The van der Waals surface area contributed by atoms with E-state index in [-0.39, 0.29) is 5.57 Å². The summed E-state index contributed by atoms with van der Waals surface area (Å²) in [6, 6.07) is 6.63. The topological polar surface area (TPSA) is 76.7 Å². The molecule has 1 aromatic rings. The van der Waals surface area contributed by atoms with E-state index >= 15 is 0 Å². The number of hydrogen-bond donors (Lipinski definition) is 2. The number of carbonyl (C=O) groups excluding carboxylic acids is 2. The Balaban J connectivity index is 2.43. The molecule has 1 aliphatic rings. The van der Waals surface area contributed by atoms with Crippen LogP contribution in [0.15, 0.2) is 48.2 Å². The average molecular weight is 346 g/mol. The average Bonchev–Trinajstić information content (AvgIpc) is 2.58. The molecule has 0 amide bonds. The fourth-order valence-electron chi connectivity index (χ4n) is 2.39. The first-order valence-electron chi connectivity index (χ1n) is 7.22. The third-order valence-corrected chi connectivity index (χ3v) is 3.66. The Morgan fingerprint density at radius 1 is 1.42 bits per heavy atom. The normalized spacial score (nSPS) is 16.8. The maximum Gasteiger partial charge on any atom is 0.379 e. The molecule has 1 aromatic carbocycles. The van der Waals surface area contributed by atoms with Gasteiger partial charge in [-0.2, -0.15) is 0 Å². The summed E-state index contributed by atoms with van der Waals surface area (Å²) in [5.41, 5.74) is 1.51. The number of ketones is 1. The van der Waals surface area contributed by atoms with Gasteiger partial charge in [-0.05, 0) is 36.8 Å². The van der Waals surface area contributed by atoms with Crippen molar-refractivity contribution in [1.82, 2.24) is 10.6 Å². The first-order chi connectivity index (χ1) is 11.5. The van der Waals surface area contributed by atoms with Gasteiger partial charge in [0.1, 0.15) is 12.4 Å². The smallest absolute Gasteiger partial charge is 0.379 e. The van der Waals surface area contributed by atoms with Crippen molar-refractivity contribution in [3.63, 3.8) is 0 Å². The Bertz CT molecular complexity index is 727. The summed E-state index contributed by atoms with van der Waals surface area (Å²) in [6.07, 6.45) is 1.64. The molecule has 24 heavy (non-hydrogen) atoms. The zero-order chi connectivity index (χ0) is 17.7. The number of benzene rings is 1. The van der Waals surface area contributed by atoms with Crippen LogP contribution in [0, 0.1) is 0 Å². The lowest BCUT2D eigenvalue weighted by molar-refractivity contribution is -0.150. The van der Waals surface area contributed by atoms with Crippen LogP contribution < -0.4 is 15.4 Å². The number of esters is 1. The largest absolute Gasteiger partial charge is 0.490 e. The third-order valence-electron chi connectivity index (χ3n) is 3.44. The number of nitrogens with one attached hydrogen (secondary N) is 2. The lowest BCUT2D eigenvalue weighted by Crippen LogP contribution is -2.45. The van der Waals surface area contributed by atoms with Crippen molar-refractivity contribution in [3.05, 3.63) is 53.8 Å². The second-order valence-corrected chi connectivity index (χ2v) is 5.47. The van der Waals surface area contributed by atoms with E-state index in [1.165, 1.54) is 7.11 Å². The third kappa shape index (κ3) is 3.80. The van der Waals surface area contributed by atoms with Crippen LogP contribution in [-0.4, -0.2) is 30.6 Å². The standard InChI is InChI=1S/C17H18N2O4S/c1-4-8-23-12-7-5-6-11(9-12)14-13(15(20)16(21)22-3)10(2)18-17(24)19-14/h4-7,9,14H,1,8H2,2-3H3,(H2,18,19,24)/t14-/m0/s1. The summed E-state index contributed by atoms with van der Waals surface area (Å²) in [4.78, 5) is 24.1. The predicted molar refractivity (Wildman–Crippen MR) is 93.5 cm³/mol. The molecule has 1 atom stereocenters. The summed E-state index contributed by atoms with van der Waals surface area (Å²) in [5.74, 6) is -1.02. The minimum absolute atomic E-state index is 0.260. The van der Waals surface area contributed by atoms with Crippen molar-refractivity contribution in [3.8, 4) is 5.75 Å². The number of ether oxygens (including phenoxy) is 2. The summed E-state index contributed by atoms with van der Waals surface area (Å²) >= 11 is 5.17. The van der Waals surface area contributed by atoms with E-state index in [2.05, 4.69) is 21.9 Å². The van der Waals surface area contributed by atoms with E-state index in [0.717, 1.165) is 5.56 Å². The van der Waals surface area contributed by atoms with Gasteiger partial charge in [0.25, 0.3) is 5.78 Å². The number of carbonyl (C=O) groups is 2. The molecular weight excluding hydrogens is 328 g/mol. The number of rotatable bonds is 6. The molecular formula is C17H18N2O4S. The fraction of sp³-hybridized carbons (Fsp3) is 0.235. The van der Waals surface area contributed by atoms with Gasteiger partial charge in [-0.25, -0.2) is 4.79 Å². The molecule has 0 saturated heterocycles. The fourth-order valence-corrected chi connectivity index (χ4v) is 2.66. The minimum Gasteiger partial charge on any atom is -0.490 e. The monoisotopic (exact) mass is 346 g/mol. The molecule has 126 valence electrons. The van der Waals surface area contributed by atoms with Gasteiger partial charge >= 0.3 is 5.97 Å². The molecule has 0 aromatic heterocycles. The molecule has 1 heterocycles. The SMILES string of the molecule is C=CCOc1cccc([C@@H]2NC(=S)NC(C)=C2C(=O)C(=O)OC)c1.